The van der Waals surface area contributed by atoms with Crippen LogP contribution in [0.3, 0.4) is 0 Å². The molecule has 0 radical (unpaired) electrons. The lowest BCUT2D eigenvalue weighted by molar-refractivity contribution is -0.146. The van der Waals surface area contributed by atoms with Crippen LogP contribution >= 0.6 is 0 Å². The quantitative estimate of drug-likeness (QED) is 0.819. The average molecular weight is 305 g/mol. The summed E-state index contributed by atoms with van der Waals surface area (Å²) in [6.07, 6.45) is 1.08. The molecule has 0 aliphatic carbocycles. The van der Waals surface area contributed by atoms with E-state index in [2.05, 4.69) is 4.90 Å². The Morgan fingerprint density at radius 2 is 1.86 bits per heavy atom. The minimum atomic E-state index is -0.908. The number of fused-ring (bicyclic) bond motifs is 2. The number of aromatic hydroxyl groups is 1. The fraction of sp³-hybridized carbons (Fsp3) is 0.500. The van der Waals surface area contributed by atoms with Crippen LogP contribution in [0, 0.1) is 5.92 Å². The number of rotatable bonds is 4. The minimum absolute atomic E-state index is 0.0165. The van der Waals surface area contributed by atoms with Crippen molar-refractivity contribution < 1.29 is 24.5 Å². The number of carboxylic acid groups (broad SMARTS) is 1. The van der Waals surface area contributed by atoms with Crippen molar-refractivity contribution in [3.8, 4) is 5.75 Å². The van der Waals surface area contributed by atoms with Gasteiger partial charge in [0.25, 0.3) is 0 Å². The molecule has 118 valence electrons. The van der Waals surface area contributed by atoms with E-state index in [0.717, 1.165) is 19.4 Å². The lowest BCUT2D eigenvalue weighted by Gasteiger charge is -2.26. The van der Waals surface area contributed by atoms with E-state index >= 15 is 0 Å². The van der Waals surface area contributed by atoms with Crippen molar-refractivity contribution in [2.45, 2.75) is 38.0 Å². The van der Waals surface area contributed by atoms with Crippen molar-refractivity contribution in [2.24, 2.45) is 5.92 Å². The molecule has 0 spiro atoms. The van der Waals surface area contributed by atoms with Gasteiger partial charge in [0.2, 0.25) is 0 Å². The molecule has 1 aromatic rings. The van der Waals surface area contributed by atoms with Crippen LogP contribution in [-0.2, 0) is 9.53 Å². The zero-order valence-corrected chi connectivity index (χ0v) is 12.3. The Morgan fingerprint density at radius 3 is 2.45 bits per heavy atom. The summed E-state index contributed by atoms with van der Waals surface area (Å²) in [5.74, 6) is -2.05. The maximum Gasteiger partial charge on any atom is 0.338 e. The number of phenols is 1. The Labute approximate surface area is 128 Å². The number of aliphatic carboxylic acids is 1. The lowest BCUT2D eigenvalue weighted by Crippen LogP contribution is -2.40. The highest BCUT2D eigenvalue weighted by atomic mass is 16.5. The van der Waals surface area contributed by atoms with Crippen LogP contribution in [0.5, 0.6) is 5.75 Å². The molecule has 6 heteroatoms. The summed E-state index contributed by atoms with van der Waals surface area (Å²) in [4.78, 5) is 25.9. The molecule has 2 heterocycles. The Bertz CT molecular complexity index is 585. The summed E-state index contributed by atoms with van der Waals surface area (Å²) < 4.78 is 5.53. The number of likely N-dealkylation sites (N-methyl/N-ethyl adjacent to an activating group) is 1. The first-order valence-corrected chi connectivity index (χ1v) is 7.51. The van der Waals surface area contributed by atoms with Crippen molar-refractivity contribution in [1.29, 1.82) is 0 Å². The maximum absolute atomic E-state index is 12.2. The molecular formula is C16H19NO5. The molecule has 2 aliphatic rings. The van der Waals surface area contributed by atoms with E-state index in [1.807, 2.05) is 6.92 Å². The smallest absolute Gasteiger partial charge is 0.338 e. The summed E-state index contributed by atoms with van der Waals surface area (Å²) in [6, 6.07) is 5.69. The molecule has 1 aromatic carbocycles. The standard InChI is InChI=1S/C16H19NO5/c1-2-17-11-7-8-12(17)14(13(11)15(19)20)22-16(21)9-3-5-10(18)6-4-9/h3-6,11-14,18H,2,7-8H2,1H3,(H,19,20). The predicted molar refractivity (Wildman–Crippen MR) is 77.6 cm³/mol. The van der Waals surface area contributed by atoms with Gasteiger partial charge in [0.1, 0.15) is 17.8 Å². The van der Waals surface area contributed by atoms with Crippen LogP contribution in [0.15, 0.2) is 24.3 Å². The van der Waals surface area contributed by atoms with Crippen molar-refractivity contribution in [2.75, 3.05) is 6.54 Å². The molecule has 0 amide bonds. The highest BCUT2D eigenvalue weighted by Crippen LogP contribution is 2.43. The molecule has 2 aliphatic heterocycles. The zero-order chi connectivity index (χ0) is 15.9. The summed E-state index contributed by atoms with van der Waals surface area (Å²) in [5.41, 5.74) is 0.313. The second kappa shape index (κ2) is 5.61. The molecule has 2 saturated heterocycles. The summed E-state index contributed by atoms with van der Waals surface area (Å²) in [5, 5.41) is 18.7. The van der Waals surface area contributed by atoms with Gasteiger partial charge in [-0.15, -0.1) is 0 Å². The number of carbonyl (C=O) groups is 2. The van der Waals surface area contributed by atoms with Crippen LogP contribution in [0.25, 0.3) is 0 Å². The first-order chi connectivity index (χ1) is 10.5. The highest BCUT2D eigenvalue weighted by Gasteiger charge is 2.57. The molecule has 2 N–H and O–H groups in total. The topological polar surface area (TPSA) is 87.1 Å². The SMILES string of the molecule is CCN1C2CCC1C(C(=O)O)C2OC(=O)c1ccc(O)cc1. The van der Waals surface area contributed by atoms with Crippen molar-refractivity contribution in [3.05, 3.63) is 29.8 Å². The van der Waals surface area contributed by atoms with Crippen molar-refractivity contribution in [1.82, 2.24) is 4.90 Å². The Hall–Kier alpha value is -2.08. The highest BCUT2D eigenvalue weighted by molar-refractivity contribution is 5.90. The van der Waals surface area contributed by atoms with Gasteiger partial charge in [0.05, 0.1) is 5.56 Å². The van der Waals surface area contributed by atoms with Crippen molar-refractivity contribution >= 4 is 11.9 Å². The van der Waals surface area contributed by atoms with Gasteiger partial charge in [-0.25, -0.2) is 4.79 Å². The fourth-order valence-corrected chi connectivity index (χ4v) is 3.83. The van der Waals surface area contributed by atoms with Gasteiger partial charge in [-0.1, -0.05) is 6.92 Å². The monoisotopic (exact) mass is 305 g/mol. The van der Waals surface area contributed by atoms with E-state index in [-0.39, 0.29) is 17.8 Å². The third-order valence-electron chi connectivity index (χ3n) is 4.75. The van der Waals surface area contributed by atoms with Crippen LogP contribution in [0.2, 0.25) is 0 Å². The maximum atomic E-state index is 12.2. The third kappa shape index (κ3) is 2.33. The molecule has 0 aromatic heterocycles. The molecule has 4 unspecified atom stereocenters. The van der Waals surface area contributed by atoms with Gasteiger partial charge in [0.15, 0.2) is 0 Å². The first-order valence-electron chi connectivity index (χ1n) is 7.51. The number of carboxylic acids is 1. The minimum Gasteiger partial charge on any atom is -0.508 e. The third-order valence-corrected chi connectivity index (χ3v) is 4.75. The van der Waals surface area contributed by atoms with Gasteiger partial charge in [0, 0.05) is 12.1 Å². The van der Waals surface area contributed by atoms with Gasteiger partial charge in [-0.05, 0) is 43.7 Å². The summed E-state index contributed by atoms with van der Waals surface area (Å²) in [7, 11) is 0. The van der Waals surface area contributed by atoms with E-state index < -0.39 is 24.0 Å². The number of esters is 1. The molecule has 2 bridgehead atoms. The summed E-state index contributed by atoms with van der Waals surface area (Å²) in [6.45, 7) is 2.75. The van der Waals surface area contributed by atoms with Gasteiger partial charge in [-0.2, -0.15) is 0 Å². The molecule has 4 atom stereocenters. The van der Waals surface area contributed by atoms with E-state index in [4.69, 9.17) is 4.74 Å². The van der Waals surface area contributed by atoms with Crippen molar-refractivity contribution in [3.63, 3.8) is 0 Å². The number of nitrogens with zero attached hydrogens (tertiary/aromatic N) is 1. The van der Waals surface area contributed by atoms with E-state index in [9.17, 15) is 19.8 Å². The van der Waals surface area contributed by atoms with Crippen LogP contribution in [0.4, 0.5) is 0 Å². The van der Waals surface area contributed by atoms with E-state index in [1.165, 1.54) is 24.3 Å². The number of ether oxygens (including phenoxy) is 1. The lowest BCUT2D eigenvalue weighted by atomic mass is 9.86. The first kappa shape index (κ1) is 14.8. The number of hydrogen-bond acceptors (Lipinski definition) is 5. The number of benzene rings is 1. The predicted octanol–water partition coefficient (Wildman–Crippen LogP) is 1.48. The Kier molecular flexibility index (Phi) is 3.78. The molecule has 3 rings (SSSR count). The Morgan fingerprint density at radius 1 is 1.23 bits per heavy atom. The van der Waals surface area contributed by atoms with Crippen LogP contribution < -0.4 is 0 Å². The molecule has 0 saturated carbocycles. The normalized spacial score (nSPS) is 30.4. The van der Waals surface area contributed by atoms with E-state index in [1.54, 1.807) is 0 Å². The molecular weight excluding hydrogens is 286 g/mol. The number of hydrogen-bond donors (Lipinski definition) is 2. The molecule has 22 heavy (non-hydrogen) atoms. The molecule has 6 nitrogen and oxygen atoms in total. The zero-order valence-electron chi connectivity index (χ0n) is 12.3. The van der Waals surface area contributed by atoms with Crippen LogP contribution in [0.1, 0.15) is 30.1 Å². The van der Waals surface area contributed by atoms with Gasteiger partial charge < -0.3 is 14.9 Å². The summed E-state index contributed by atoms with van der Waals surface area (Å²) >= 11 is 0. The Balaban J connectivity index is 1.79. The number of phenolic OH excluding ortho intramolecular Hbond substituents is 1. The fourth-order valence-electron chi connectivity index (χ4n) is 3.83. The average Bonchev–Trinajstić information content (AvgIpc) is 3.02. The number of carbonyl (C=O) groups excluding carboxylic acids is 1. The second-order valence-electron chi connectivity index (χ2n) is 5.82. The van der Waals surface area contributed by atoms with E-state index in [0.29, 0.717) is 5.56 Å². The van der Waals surface area contributed by atoms with Crippen LogP contribution in [-0.4, -0.2) is 51.8 Å². The second-order valence-corrected chi connectivity index (χ2v) is 5.82. The largest absolute Gasteiger partial charge is 0.508 e. The van der Waals surface area contributed by atoms with Gasteiger partial charge >= 0.3 is 11.9 Å². The molecule has 2 fully saturated rings. The van der Waals surface area contributed by atoms with Gasteiger partial charge in [-0.3, -0.25) is 9.69 Å².